The molecule has 0 heterocycles. The van der Waals surface area contributed by atoms with E-state index in [2.05, 4.69) is 27.0 Å². The van der Waals surface area contributed by atoms with E-state index in [0.717, 1.165) is 25.0 Å². The van der Waals surface area contributed by atoms with Gasteiger partial charge >= 0.3 is 0 Å². The van der Waals surface area contributed by atoms with E-state index in [1.54, 1.807) is 17.1 Å². The Hall–Kier alpha value is -1.23. The topological polar surface area (TPSA) is 46.6 Å². The molecule has 128 valence electrons. The Morgan fingerprint density at radius 3 is 2.41 bits per heavy atom. The van der Waals surface area contributed by atoms with E-state index in [9.17, 15) is 8.42 Å². The van der Waals surface area contributed by atoms with Crippen LogP contribution in [0, 0.1) is 5.92 Å². The third kappa shape index (κ3) is 10.5. The predicted molar refractivity (Wildman–Crippen MR) is 94.4 cm³/mol. The van der Waals surface area contributed by atoms with Crippen LogP contribution < -0.4 is 0 Å². The fourth-order valence-electron chi connectivity index (χ4n) is 1.85. The normalized spacial score (nSPS) is 13.1. The lowest BCUT2D eigenvalue weighted by Gasteiger charge is -2.19. The van der Waals surface area contributed by atoms with Crippen LogP contribution in [0.5, 0.6) is 0 Å². The summed E-state index contributed by atoms with van der Waals surface area (Å²) in [6, 6.07) is 0. The molecule has 0 aromatic rings. The minimum Gasteiger partial charge on any atom is -0.494 e. The van der Waals surface area contributed by atoms with E-state index in [1.807, 2.05) is 7.05 Å². The van der Waals surface area contributed by atoms with Gasteiger partial charge in [-0.15, -0.1) is 0 Å². The first kappa shape index (κ1) is 20.8. The summed E-state index contributed by atoms with van der Waals surface area (Å²) in [5.41, 5.74) is 0.731. The van der Waals surface area contributed by atoms with Crippen molar-refractivity contribution in [2.75, 3.05) is 32.2 Å². The minimum atomic E-state index is -2.96. The van der Waals surface area contributed by atoms with Gasteiger partial charge in [-0.2, -0.15) is 0 Å². The van der Waals surface area contributed by atoms with Crippen molar-refractivity contribution >= 4 is 9.84 Å². The Bertz CT molecular complexity index is 480. The minimum absolute atomic E-state index is 0.114. The summed E-state index contributed by atoms with van der Waals surface area (Å²) in [5.74, 6) is 1.28. The second kappa shape index (κ2) is 10.5. The van der Waals surface area contributed by atoms with E-state index >= 15 is 0 Å². The van der Waals surface area contributed by atoms with Crippen molar-refractivity contribution in [2.24, 2.45) is 5.92 Å². The Morgan fingerprint density at radius 2 is 1.91 bits per heavy atom. The number of rotatable bonds is 12. The molecule has 22 heavy (non-hydrogen) atoms. The summed E-state index contributed by atoms with van der Waals surface area (Å²) >= 11 is 0. The molecule has 1 atom stereocenters. The molecule has 4 nitrogen and oxygen atoms in total. The van der Waals surface area contributed by atoms with Gasteiger partial charge in [0.2, 0.25) is 0 Å². The summed E-state index contributed by atoms with van der Waals surface area (Å²) in [6.45, 7) is 13.2. The van der Waals surface area contributed by atoms with Crippen molar-refractivity contribution in [3.63, 3.8) is 0 Å². The fourth-order valence-corrected chi connectivity index (χ4v) is 2.45. The van der Waals surface area contributed by atoms with E-state index in [0.29, 0.717) is 24.8 Å². The highest BCUT2D eigenvalue weighted by Crippen LogP contribution is 2.13. The Labute approximate surface area is 136 Å². The van der Waals surface area contributed by atoms with Crippen LogP contribution in [0.15, 0.2) is 36.8 Å². The van der Waals surface area contributed by atoms with E-state index in [4.69, 9.17) is 4.74 Å². The molecule has 0 bridgehead atoms. The lowest BCUT2D eigenvalue weighted by atomic mass is 10.0. The van der Waals surface area contributed by atoms with Gasteiger partial charge in [0.25, 0.3) is 0 Å². The van der Waals surface area contributed by atoms with Crippen molar-refractivity contribution in [3.8, 4) is 0 Å². The number of nitrogens with zero attached hydrogens (tertiary/aromatic N) is 1. The number of sulfone groups is 1. The van der Waals surface area contributed by atoms with Gasteiger partial charge in [0.15, 0.2) is 0 Å². The number of ether oxygens (including phenoxy) is 1. The molecule has 0 amide bonds. The summed E-state index contributed by atoms with van der Waals surface area (Å²) < 4.78 is 27.9. The Balaban J connectivity index is 4.22. The van der Waals surface area contributed by atoms with Crippen LogP contribution in [-0.4, -0.2) is 45.5 Å². The molecule has 5 heteroatoms. The first-order valence-corrected chi connectivity index (χ1v) is 9.83. The van der Waals surface area contributed by atoms with Gasteiger partial charge in [-0.05, 0) is 24.5 Å². The van der Waals surface area contributed by atoms with Gasteiger partial charge in [-0.25, -0.2) is 8.42 Å². The van der Waals surface area contributed by atoms with Gasteiger partial charge in [-0.1, -0.05) is 39.8 Å². The van der Waals surface area contributed by atoms with Gasteiger partial charge in [-0.3, -0.25) is 0 Å². The highest BCUT2D eigenvalue weighted by atomic mass is 32.2. The molecule has 0 aromatic heterocycles. The van der Waals surface area contributed by atoms with Gasteiger partial charge in [0.1, 0.15) is 15.6 Å². The Morgan fingerprint density at radius 1 is 1.27 bits per heavy atom. The predicted octanol–water partition coefficient (Wildman–Crippen LogP) is 3.39. The van der Waals surface area contributed by atoms with E-state index in [1.165, 1.54) is 6.26 Å². The molecule has 0 saturated carbocycles. The molecule has 0 rings (SSSR count). The third-order valence-electron chi connectivity index (χ3n) is 3.53. The van der Waals surface area contributed by atoms with Gasteiger partial charge in [0.05, 0.1) is 12.4 Å². The number of hydrogen-bond donors (Lipinski definition) is 0. The van der Waals surface area contributed by atoms with Crippen molar-refractivity contribution in [2.45, 2.75) is 33.1 Å². The van der Waals surface area contributed by atoms with E-state index < -0.39 is 9.84 Å². The van der Waals surface area contributed by atoms with Crippen molar-refractivity contribution in [1.82, 2.24) is 4.90 Å². The lowest BCUT2D eigenvalue weighted by Crippen LogP contribution is -2.23. The SMILES string of the molecule is C=C(/C=C\C(=C)N(C)CCS(C)(=O)=O)OCC(CC)CCC. The maximum absolute atomic E-state index is 11.1. The quantitative estimate of drug-likeness (QED) is 0.407. The third-order valence-corrected chi connectivity index (χ3v) is 4.45. The van der Waals surface area contributed by atoms with Crippen molar-refractivity contribution in [3.05, 3.63) is 36.8 Å². The monoisotopic (exact) mass is 329 g/mol. The largest absolute Gasteiger partial charge is 0.494 e. The maximum Gasteiger partial charge on any atom is 0.149 e. The molecule has 0 aliphatic carbocycles. The summed E-state index contributed by atoms with van der Waals surface area (Å²) in [7, 11) is -1.14. The van der Waals surface area contributed by atoms with Crippen LogP contribution in [-0.2, 0) is 14.6 Å². The van der Waals surface area contributed by atoms with Gasteiger partial charge < -0.3 is 9.64 Å². The molecule has 0 aromatic carbocycles. The smallest absolute Gasteiger partial charge is 0.149 e. The van der Waals surface area contributed by atoms with Crippen molar-refractivity contribution < 1.29 is 13.2 Å². The second-order valence-corrected chi connectivity index (χ2v) is 7.98. The zero-order valence-electron chi connectivity index (χ0n) is 14.5. The molecule has 0 aliphatic heterocycles. The van der Waals surface area contributed by atoms with Crippen LogP contribution in [0.4, 0.5) is 0 Å². The average molecular weight is 330 g/mol. The summed E-state index contributed by atoms with van der Waals surface area (Å²) in [5, 5.41) is 0. The van der Waals surface area contributed by atoms with Crippen LogP contribution >= 0.6 is 0 Å². The maximum atomic E-state index is 11.1. The summed E-state index contributed by atoms with van der Waals surface area (Å²) in [4.78, 5) is 1.80. The standard InChI is InChI=1S/C17H31NO3S/c1-7-9-17(8-2)14-21-16(4)11-10-15(3)18(5)12-13-22(6,19)20/h10-11,17H,3-4,7-9,12-14H2,1-2,5-6H3/b11-10-. The van der Waals surface area contributed by atoms with Crippen LogP contribution in [0.1, 0.15) is 33.1 Å². The lowest BCUT2D eigenvalue weighted by molar-refractivity contribution is 0.167. The van der Waals surface area contributed by atoms with Crippen molar-refractivity contribution in [1.29, 1.82) is 0 Å². The highest BCUT2D eigenvalue weighted by molar-refractivity contribution is 7.90. The van der Waals surface area contributed by atoms with Crippen LogP contribution in [0.25, 0.3) is 0 Å². The average Bonchev–Trinajstić information content (AvgIpc) is 2.45. The highest BCUT2D eigenvalue weighted by Gasteiger charge is 2.07. The molecule has 0 radical (unpaired) electrons. The van der Waals surface area contributed by atoms with Gasteiger partial charge in [0, 0.05) is 25.5 Å². The molecule has 0 fully saturated rings. The van der Waals surface area contributed by atoms with E-state index in [-0.39, 0.29) is 5.75 Å². The molecule has 0 N–H and O–H groups in total. The first-order valence-electron chi connectivity index (χ1n) is 7.77. The number of likely N-dealkylation sites (N-methyl/N-ethyl adjacent to an activating group) is 1. The second-order valence-electron chi connectivity index (χ2n) is 5.72. The molecule has 0 aliphatic rings. The molecular weight excluding hydrogens is 298 g/mol. The fraction of sp³-hybridized carbons (Fsp3) is 0.647. The Kier molecular flexibility index (Phi) is 9.90. The zero-order valence-corrected chi connectivity index (χ0v) is 15.3. The molecule has 1 unspecified atom stereocenters. The zero-order chi connectivity index (χ0) is 17.2. The first-order chi connectivity index (χ1) is 10.2. The summed E-state index contributed by atoms with van der Waals surface area (Å²) in [6.07, 6.45) is 8.23. The van der Waals surface area contributed by atoms with Crippen LogP contribution in [0.2, 0.25) is 0 Å². The molecular formula is C17H31NO3S. The number of allylic oxidation sites excluding steroid dienone is 2. The molecule has 0 spiro atoms. The molecule has 0 saturated heterocycles. The van der Waals surface area contributed by atoms with Crippen LogP contribution in [0.3, 0.4) is 0 Å². The number of hydrogen-bond acceptors (Lipinski definition) is 4.